The van der Waals surface area contributed by atoms with Crippen LogP contribution in [0.1, 0.15) is 0 Å². The third kappa shape index (κ3) is 1.36. The van der Waals surface area contributed by atoms with Gasteiger partial charge in [-0.15, -0.1) is 0 Å². The van der Waals surface area contributed by atoms with E-state index in [1.54, 1.807) is 0 Å². The first-order valence-electron chi connectivity index (χ1n) is 4.38. The van der Waals surface area contributed by atoms with E-state index in [1.165, 1.54) is 0 Å². The van der Waals surface area contributed by atoms with Gasteiger partial charge in [-0.05, 0) is 0 Å². The topological polar surface area (TPSA) is 38.0 Å². The summed E-state index contributed by atoms with van der Waals surface area (Å²) in [5, 5.41) is 3.41. The third-order valence-electron chi connectivity index (χ3n) is 2.45. The normalized spacial score (nSPS) is 39.2. The number of rotatable bonds is 0. The Kier molecular flexibility index (Phi) is 2.11. The molecule has 1 aliphatic carbocycles. The first-order valence-corrected chi connectivity index (χ1v) is 4.38. The molecule has 12 heavy (non-hydrogen) atoms. The molecule has 0 aromatic carbocycles. The van der Waals surface area contributed by atoms with Gasteiger partial charge in [0.2, 0.25) is 0 Å². The minimum absolute atomic E-state index is 0.159. The molecule has 2 aliphatic rings. The molecule has 0 bridgehead atoms. The van der Waals surface area contributed by atoms with Crippen LogP contribution in [0.15, 0.2) is 36.5 Å². The zero-order chi connectivity index (χ0) is 8.39. The van der Waals surface area contributed by atoms with Gasteiger partial charge in [0.1, 0.15) is 0 Å². The molecule has 1 aliphatic heterocycles. The highest BCUT2D eigenvalue weighted by Crippen LogP contribution is 2.18. The van der Waals surface area contributed by atoms with Crippen LogP contribution in [-0.4, -0.2) is 18.6 Å². The molecule has 0 spiro atoms. The van der Waals surface area contributed by atoms with Gasteiger partial charge in [-0.1, -0.05) is 36.5 Å². The largest absolute Gasteiger partial charge is 0.324 e. The van der Waals surface area contributed by atoms with Gasteiger partial charge in [0.15, 0.2) is 0 Å². The third-order valence-corrected chi connectivity index (χ3v) is 2.45. The molecular formula is C10H14N2. The van der Waals surface area contributed by atoms with Gasteiger partial charge in [0, 0.05) is 24.5 Å². The van der Waals surface area contributed by atoms with Crippen LogP contribution in [0.2, 0.25) is 0 Å². The number of hydrogen-bond donors (Lipinski definition) is 2. The van der Waals surface area contributed by atoms with E-state index >= 15 is 0 Å². The van der Waals surface area contributed by atoms with Crippen molar-refractivity contribution in [2.75, 3.05) is 6.54 Å². The van der Waals surface area contributed by atoms with Gasteiger partial charge in [-0.25, -0.2) is 0 Å². The molecule has 0 radical (unpaired) electrons. The van der Waals surface area contributed by atoms with E-state index in [1.807, 2.05) is 0 Å². The zero-order valence-corrected chi connectivity index (χ0v) is 6.98. The fourth-order valence-electron chi connectivity index (χ4n) is 1.75. The van der Waals surface area contributed by atoms with E-state index < -0.39 is 0 Å². The second-order valence-electron chi connectivity index (χ2n) is 3.29. The van der Waals surface area contributed by atoms with E-state index in [2.05, 4.69) is 41.8 Å². The van der Waals surface area contributed by atoms with Crippen molar-refractivity contribution in [3.05, 3.63) is 36.5 Å². The Labute approximate surface area is 72.8 Å². The summed E-state index contributed by atoms with van der Waals surface area (Å²) in [4.78, 5) is 0. The van der Waals surface area contributed by atoms with E-state index in [0.717, 1.165) is 6.54 Å². The first kappa shape index (κ1) is 7.77. The van der Waals surface area contributed by atoms with Crippen molar-refractivity contribution in [2.45, 2.75) is 12.1 Å². The van der Waals surface area contributed by atoms with Crippen LogP contribution in [0.4, 0.5) is 0 Å². The molecule has 3 N–H and O–H groups in total. The Morgan fingerprint density at radius 1 is 1.17 bits per heavy atom. The predicted octanol–water partition coefficient (Wildman–Crippen LogP) is 0.584. The van der Waals surface area contributed by atoms with Crippen molar-refractivity contribution in [3.63, 3.8) is 0 Å². The Morgan fingerprint density at radius 3 is 2.92 bits per heavy atom. The lowest BCUT2D eigenvalue weighted by atomic mass is 9.89. The number of nitrogens with two attached hydrogens (primary N) is 1. The summed E-state index contributed by atoms with van der Waals surface area (Å²) in [5.74, 6) is 0.425. The molecule has 0 saturated carbocycles. The molecule has 0 saturated heterocycles. The van der Waals surface area contributed by atoms with Gasteiger partial charge in [-0.2, -0.15) is 0 Å². The molecule has 1 heterocycles. The van der Waals surface area contributed by atoms with E-state index in [-0.39, 0.29) is 6.04 Å². The zero-order valence-electron chi connectivity index (χ0n) is 6.98. The minimum atomic E-state index is 0.159. The lowest BCUT2D eigenvalue weighted by molar-refractivity contribution is 0.463. The van der Waals surface area contributed by atoms with Crippen molar-refractivity contribution in [2.24, 2.45) is 11.7 Å². The second-order valence-corrected chi connectivity index (χ2v) is 3.29. The average Bonchev–Trinajstić information content (AvgIpc) is 2.29. The fraction of sp³-hybridized carbons (Fsp3) is 0.400. The van der Waals surface area contributed by atoms with E-state index in [4.69, 9.17) is 5.73 Å². The number of allylic oxidation sites excluding steroid dienone is 2. The summed E-state index contributed by atoms with van der Waals surface area (Å²) in [6.07, 6.45) is 12.7. The Balaban J connectivity index is 2.20. The molecule has 0 aromatic heterocycles. The van der Waals surface area contributed by atoms with Crippen LogP contribution in [0.25, 0.3) is 0 Å². The molecular weight excluding hydrogens is 148 g/mol. The van der Waals surface area contributed by atoms with Gasteiger partial charge in [0.05, 0.1) is 0 Å². The van der Waals surface area contributed by atoms with Gasteiger partial charge < -0.3 is 11.1 Å². The van der Waals surface area contributed by atoms with Crippen LogP contribution >= 0.6 is 0 Å². The Morgan fingerprint density at radius 2 is 2.00 bits per heavy atom. The molecule has 3 atom stereocenters. The van der Waals surface area contributed by atoms with Crippen LogP contribution in [-0.2, 0) is 0 Å². The summed E-state index contributed by atoms with van der Waals surface area (Å²) in [6.45, 7) is 0.924. The molecule has 0 aromatic rings. The lowest BCUT2D eigenvalue weighted by Gasteiger charge is -2.26. The van der Waals surface area contributed by atoms with Crippen molar-refractivity contribution in [1.29, 1.82) is 0 Å². The summed E-state index contributed by atoms with van der Waals surface area (Å²) in [7, 11) is 0. The van der Waals surface area contributed by atoms with Crippen molar-refractivity contribution < 1.29 is 0 Å². The van der Waals surface area contributed by atoms with Crippen molar-refractivity contribution >= 4 is 0 Å². The van der Waals surface area contributed by atoms with Crippen LogP contribution in [0.5, 0.6) is 0 Å². The highest BCUT2D eigenvalue weighted by atomic mass is 14.9. The monoisotopic (exact) mass is 162 g/mol. The number of fused-ring (bicyclic) bond motifs is 1. The quantitative estimate of drug-likeness (QED) is 0.511. The average molecular weight is 162 g/mol. The number of hydrogen-bond acceptors (Lipinski definition) is 2. The SMILES string of the molecule is NC1C=CCNC2C=CC=CC12. The number of nitrogens with one attached hydrogen (secondary N) is 1. The van der Waals surface area contributed by atoms with Crippen molar-refractivity contribution in [3.8, 4) is 0 Å². The smallest absolute Gasteiger partial charge is 0.0337 e. The van der Waals surface area contributed by atoms with Crippen LogP contribution < -0.4 is 11.1 Å². The molecule has 2 nitrogen and oxygen atoms in total. The molecule has 0 amide bonds. The van der Waals surface area contributed by atoms with Gasteiger partial charge >= 0.3 is 0 Å². The molecule has 0 fully saturated rings. The Hall–Kier alpha value is -0.860. The highest BCUT2D eigenvalue weighted by molar-refractivity contribution is 5.22. The Bertz CT molecular complexity index is 240. The maximum absolute atomic E-state index is 5.98. The van der Waals surface area contributed by atoms with Crippen molar-refractivity contribution in [1.82, 2.24) is 5.32 Å². The van der Waals surface area contributed by atoms with Gasteiger partial charge in [-0.3, -0.25) is 0 Å². The van der Waals surface area contributed by atoms with E-state index in [0.29, 0.717) is 12.0 Å². The molecule has 64 valence electrons. The van der Waals surface area contributed by atoms with E-state index in [9.17, 15) is 0 Å². The summed E-state index contributed by atoms with van der Waals surface area (Å²) in [6, 6.07) is 0.575. The summed E-state index contributed by atoms with van der Waals surface area (Å²) >= 11 is 0. The van der Waals surface area contributed by atoms with Crippen LogP contribution in [0, 0.1) is 5.92 Å². The summed E-state index contributed by atoms with van der Waals surface area (Å²) < 4.78 is 0. The maximum atomic E-state index is 5.98. The maximum Gasteiger partial charge on any atom is 0.0337 e. The standard InChI is InChI=1S/C10H14N2/c11-9-5-3-7-12-10-6-2-1-4-8(9)10/h1-6,8-10,12H,7,11H2. The molecule has 3 unspecified atom stereocenters. The van der Waals surface area contributed by atoms with Gasteiger partial charge in [0.25, 0.3) is 0 Å². The minimum Gasteiger partial charge on any atom is -0.324 e. The second kappa shape index (κ2) is 3.25. The lowest BCUT2D eigenvalue weighted by Crippen LogP contribution is -2.41. The fourth-order valence-corrected chi connectivity index (χ4v) is 1.75. The van der Waals surface area contributed by atoms with Crippen LogP contribution in [0.3, 0.4) is 0 Å². The molecule has 2 heteroatoms. The first-order chi connectivity index (χ1) is 5.88. The summed E-state index contributed by atoms with van der Waals surface area (Å²) in [5.41, 5.74) is 5.98. The molecule has 2 rings (SSSR count). The highest BCUT2D eigenvalue weighted by Gasteiger charge is 2.23. The predicted molar refractivity (Wildman–Crippen MR) is 50.7 cm³/mol.